The maximum Gasteiger partial charge on any atom is 0.201 e. The number of nitriles is 1. The zero-order valence-corrected chi connectivity index (χ0v) is 10.9. The molecule has 0 bridgehead atoms. The molecule has 1 aromatic carbocycles. The van der Waals surface area contributed by atoms with Crippen LogP contribution in [0.2, 0.25) is 0 Å². The highest BCUT2D eigenvalue weighted by Gasteiger charge is 2.09. The van der Waals surface area contributed by atoms with Gasteiger partial charge in [0.25, 0.3) is 0 Å². The summed E-state index contributed by atoms with van der Waals surface area (Å²) in [5.74, 6) is -0.697. The van der Waals surface area contributed by atoms with Crippen LogP contribution in [0.3, 0.4) is 0 Å². The molecule has 4 N–H and O–H groups in total. The van der Waals surface area contributed by atoms with Crippen LogP contribution < -0.4 is 15.9 Å². The average Bonchev–Trinajstić information content (AvgIpc) is 2.31. The van der Waals surface area contributed by atoms with Crippen LogP contribution in [0.25, 0.3) is 0 Å². The van der Waals surface area contributed by atoms with E-state index in [2.05, 4.69) is 26.5 Å². The summed E-state index contributed by atoms with van der Waals surface area (Å²) >= 11 is 3.12. The van der Waals surface area contributed by atoms with Gasteiger partial charge in [-0.05, 0) is 22.0 Å². The molecule has 1 rings (SSSR count). The summed E-state index contributed by atoms with van der Waals surface area (Å²) in [6, 6.07) is 4.16. The minimum Gasteiger partial charge on any atom is -0.495 e. The molecule has 0 saturated heterocycles. The molecule has 0 spiro atoms. The number of amidine groups is 1. The number of halogens is 2. The van der Waals surface area contributed by atoms with E-state index in [-0.39, 0.29) is 11.4 Å². The lowest BCUT2D eigenvalue weighted by molar-refractivity contribution is 0.411. The predicted molar refractivity (Wildman–Crippen MR) is 69.2 cm³/mol. The molecule has 0 aromatic heterocycles. The summed E-state index contributed by atoms with van der Waals surface area (Å²) in [6.45, 7) is 0. The summed E-state index contributed by atoms with van der Waals surface area (Å²) in [7, 11) is 1.43. The number of anilines is 1. The number of hydrogen-bond acceptors (Lipinski definition) is 5. The van der Waals surface area contributed by atoms with E-state index >= 15 is 0 Å². The molecule has 6 nitrogen and oxygen atoms in total. The number of hydrogen-bond donors (Lipinski definition) is 3. The molecule has 8 heteroatoms. The molecule has 0 atom stereocenters. The first-order chi connectivity index (χ1) is 8.49. The van der Waals surface area contributed by atoms with Crippen LogP contribution in [0.1, 0.15) is 0 Å². The number of nitrogens with two attached hydrogens (primary N) is 1. The van der Waals surface area contributed by atoms with Gasteiger partial charge in [-0.25, -0.2) is 4.39 Å². The van der Waals surface area contributed by atoms with Gasteiger partial charge in [-0.3, -0.25) is 10.8 Å². The van der Waals surface area contributed by atoms with Gasteiger partial charge in [0.05, 0.1) is 17.3 Å². The van der Waals surface area contributed by atoms with Crippen LogP contribution in [0.15, 0.2) is 21.7 Å². The van der Waals surface area contributed by atoms with Crippen LogP contribution in [0.4, 0.5) is 10.1 Å². The third-order valence-corrected chi connectivity index (χ3v) is 2.51. The van der Waals surface area contributed by atoms with Gasteiger partial charge < -0.3 is 10.5 Å². The van der Waals surface area contributed by atoms with Crippen LogP contribution in [0.5, 0.6) is 5.75 Å². The number of nitrogens with one attached hydrogen (secondary N) is 2. The monoisotopic (exact) mass is 313 g/mol. The van der Waals surface area contributed by atoms with Crippen molar-refractivity contribution in [2.24, 2.45) is 10.8 Å². The van der Waals surface area contributed by atoms with E-state index in [1.54, 1.807) is 6.07 Å². The number of ether oxygens (including phenoxy) is 1. The Hall–Kier alpha value is -2.14. The Balaban J connectivity index is 3.06. The summed E-state index contributed by atoms with van der Waals surface area (Å²) in [5.41, 5.74) is 7.08. The van der Waals surface area contributed by atoms with Crippen molar-refractivity contribution in [3.63, 3.8) is 0 Å². The quantitative estimate of drug-likeness (QED) is 0.447. The summed E-state index contributed by atoms with van der Waals surface area (Å²) in [5, 5.41) is 19.2. The van der Waals surface area contributed by atoms with E-state index in [9.17, 15) is 4.39 Å². The Labute approximate surface area is 111 Å². The van der Waals surface area contributed by atoms with Crippen molar-refractivity contribution >= 4 is 33.2 Å². The number of rotatable bonds is 4. The number of nitrogens with zero attached hydrogens (tertiary/aromatic N) is 2. The van der Waals surface area contributed by atoms with Gasteiger partial charge in [0.15, 0.2) is 5.84 Å². The van der Waals surface area contributed by atoms with E-state index in [0.29, 0.717) is 10.2 Å². The SMILES string of the molecule is COc1cc(N/N=C(\C#N)C(=N)N)c(F)cc1Br. The van der Waals surface area contributed by atoms with Crippen molar-refractivity contribution in [2.75, 3.05) is 12.5 Å². The Bertz CT molecular complexity index is 552. The molecule has 0 heterocycles. The van der Waals surface area contributed by atoms with Crippen molar-refractivity contribution in [1.29, 1.82) is 10.7 Å². The first kappa shape index (κ1) is 13.9. The van der Waals surface area contributed by atoms with Crippen molar-refractivity contribution < 1.29 is 9.13 Å². The maximum atomic E-state index is 13.5. The van der Waals surface area contributed by atoms with E-state index < -0.39 is 11.7 Å². The normalized spacial score (nSPS) is 10.7. The van der Waals surface area contributed by atoms with Crippen molar-refractivity contribution in [2.45, 2.75) is 0 Å². The lowest BCUT2D eigenvalue weighted by atomic mass is 10.3. The molecular formula is C10H9BrFN5O. The molecule has 18 heavy (non-hydrogen) atoms. The van der Waals surface area contributed by atoms with Gasteiger partial charge in [-0.1, -0.05) is 0 Å². The van der Waals surface area contributed by atoms with E-state index in [1.165, 1.54) is 19.2 Å². The molecule has 0 saturated carbocycles. The molecular weight excluding hydrogens is 305 g/mol. The second-order valence-corrected chi connectivity index (χ2v) is 3.92. The van der Waals surface area contributed by atoms with Gasteiger partial charge in [0.1, 0.15) is 17.6 Å². The third-order valence-electron chi connectivity index (χ3n) is 1.89. The highest BCUT2D eigenvalue weighted by atomic mass is 79.9. The Morgan fingerprint density at radius 2 is 2.33 bits per heavy atom. The Morgan fingerprint density at radius 3 is 2.83 bits per heavy atom. The summed E-state index contributed by atoms with van der Waals surface area (Å²) in [4.78, 5) is 0. The summed E-state index contributed by atoms with van der Waals surface area (Å²) in [6.07, 6.45) is 0. The first-order valence-electron chi connectivity index (χ1n) is 4.60. The lowest BCUT2D eigenvalue weighted by Gasteiger charge is -2.07. The maximum absolute atomic E-state index is 13.5. The molecule has 0 radical (unpaired) electrons. The van der Waals surface area contributed by atoms with Gasteiger partial charge in [-0.2, -0.15) is 10.4 Å². The molecule has 0 fully saturated rings. The lowest BCUT2D eigenvalue weighted by Crippen LogP contribution is -2.22. The van der Waals surface area contributed by atoms with Gasteiger partial charge >= 0.3 is 0 Å². The van der Waals surface area contributed by atoms with Gasteiger partial charge in [0, 0.05) is 6.07 Å². The number of hydrazone groups is 1. The summed E-state index contributed by atoms with van der Waals surface area (Å²) < 4.78 is 19.0. The molecule has 0 amide bonds. The van der Waals surface area contributed by atoms with E-state index in [0.717, 1.165) is 0 Å². The molecule has 0 aliphatic rings. The van der Waals surface area contributed by atoms with Gasteiger partial charge in [-0.15, -0.1) is 0 Å². The molecule has 1 aromatic rings. The van der Waals surface area contributed by atoms with Crippen LogP contribution in [-0.2, 0) is 0 Å². The minimum absolute atomic E-state index is 0.00375. The minimum atomic E-state index is -0.590. The van der Waals surface area contributed by atoms with Crippen molar-refractivity contribution in [1.82, 2.24) is 0 Å². The van der Waals surface area contributed by atoms with E-state index in [4.69, 9.17) is 21.1 Å². The largest absolute Gasteiger partial charge is 0.495 e. The zero-order valence-electron chi connectivity index (χ0n) is 9.29. The van der Waals surface area contributed by atoms with E-state index in [1.807, 2.05) is 0 Å². The second-order valence-electron chi connectivity index (χ2n) is 3.06. The molecule has 0 unspecified atom stereocenters. The number of methoxy groups -OCH3 is 1. The Morgan fingerprint density at radius 1 is 1.67 bits per heavy atom. The fourth-order valence-electron chi connectivity index (χ4n) is 1.03. The molecule has 0 aliphatic carbocycles. The highest BCUT2D eigenvalue weighted by Crippen LogP contribution is 2.30. The number of benzene rings is 1. The predicted octanol–water partition coefficient (Wildman–Crippen LogP) is 1.82. The average molecular weight is 314 g/mol. The fourth-order valence-corrected chi connectivity index (χ4v) is 1.51. The third kappa shape index (κ3) is 3.18. The van der Waals surface area contributed by atoms with Crippen molar-refractivity contribution in [3.8, 4) is 11.8 Å². The molecule has 0 aliphatic heterocycles. The van der Waals surface area contributed by atoms with Crippen LogP contribution in [0, 0.1) is 22.6 Å². The highest BCUT2D eigenvalue weighted by molar-refractivity contribution is 9.10. The zero-order chi connectivity index (χ0) is 13.7. The fraction of sp³-hybridized carbons (Fsp3) is 0.100. The van der Waals surface area contributed by atoms with Crippen LogP contribution >= 0.6 is 15.9 Å². The smallest absolute Gasteiger partial charge is 0.201 e. The second kappa shape index (κ2) is 5.97. The van der Waals surface area contributed by atoms with Gasteiger partial charge in [0.2, 0.25) is 5.71 Å². The first-order valence-corrected chi connectivity index (χ1v) is 5.40. The standard InChI is InChI=1S/C10H9BrFN5O/c1-18-9-3-7(6(12)2-5(9)11)16-17-8(4-13)10(14)15/h2-3,16H,1H3,(H3,14,15)/b17-8+. The Kier molecular flexibility index (Phi) is 4.62. The molecule has 94 valence electrons. The van der Waals surface area contributed by atoms with Crippen molar-refractivity contribution in [3.05, 3.63) is 22.4 Å². The van der Waals surface area contributed by atoms with Crippen LogP contribution in [-0.4, -0.2) is 18.7 Å². The topological polar surface area (TPSA) is 107 Å².